The number of phenols is 1. The van der Waals surface area contributed by atoms with E-state index in [0.717, 1.165) is 28.8 Å². The number of benzene rings is 3. The van der Waals surface area contributed by atoms with Gasteiger partial charge in [-0.3, -0.25) is 0 Å². The number of hydrogen-bond donors (Lipinski definition) is 3. The Hall–Kier alpha value is -3.28. The van der Waals surface area contributed by atoms with Crippen LogP contribution in [-0.2, 0) is 11.2 Å². The minimum atomic E-state index is -0.365. The standard InChI is InChI=1S/C26H25ClN2O3/c1-3-16-4-6-17(7-5-16)22-15-23(21-14-20(27)12-13-24(21)30)29-25(28-22)18-8-10-19(11-9-18)26(31)32-2/h4-15,23,25,28-30H,3H2,1-2H3/p+1. The third kappa shape index (κ3) is 4.64. The predicted octanol–water partition coefficient (Wildman–Crippen LogP) is 4.34. The average Bonchev–Trinajstić information content (AvgIpc) is 2.85. The van der Waals surface area contributed by atoms with E-state index in [1.165, 1.54) is 12.7 Å². The Morgan fingerprint density at radius 2 is 1.81 bits per heavy atom. The lowest BCUT2D eigenvalue weighted by atomic mass is 9.97. The van der Waals surface area contributed by atoms with Crippen molar-refractivity contribution in [3.8, 4) is 5.75 Å². The highest BCUT2D eigenvalue weighted by molar-refractivity contribution is 6.30. The van der Waals surface area contributed by atoms with Gasteiger partial charge in [0, 0.05) is 22.4 Å². The highest BCUT2D eigenvalue weighted by atomic mass is 35.5. The van der Waals surface area contributed by atoms with E-state index in [2.05, 4.69) is 47.9 Å². The summed E-state index contributed by atoms with van der Waals surface area (Å²) in [5.41, 5.74) is 5.56. The first kappa shape index (κ1) is 21.9. The van der Waals surface area contributed by atoms with Crippen molar-refractivity contribution in [3.63, 3.8) is 0 Å². The Bertz CT molecular complexity index is 1140. The van der Waals surface area contributed by atoms with Crippen LogP contribution in [0.1, 0.15) is 51.7 Å². The Balaban J connectivity index is 1.72. The van der Waals surface area contributed by atoms with Crippen LogP contribution < -0.4 is 10.6 Å². The van der Waals surface area contributed by atoms with E-state index in [-0.39, 0.29) is 23.9 Å². The maximum atomic E-state index is 11.8. The van der Waals surface area contributed by atoms with Gasteiger partial charge in [0.15, 0.2) is 6.17 Å². The van der Waals surface area contributed by atoms with Gasteiger partial charge in [-0.1, -0.05) is 54.9 Å². The minimum absolute atomic E-state index is 0.129. The molecule has 4 rings (SSSR count). The number of halogens is 1. The van der Waals surface area contributed by atoms with E-state index in [9.17, 15) is 9.90 Å². The topological polar surface area (TPSA) is 75.2 Å². The number of methoxy groups -OCH3 is 1. The maximum absolute atomic E-state index is 11.8. The van der Waals surface area contributed by atoms with Gasteiger partial charge in [0.1, 0.15) is 11.8 Å². The fourth-order valence-corrected chi connectivity index (χ4v) is 4.11. The Labute approximate surface area is 192 Å². The molecule has 6 heteroatoms. The number of phenolic OH excluding ortho intramolecular Hbond substituents is 1. The van der Waals surface area contributed by atoms with Crippen molar-refractivity contribution in [2.75, 3.05) is 7.11 Å². The van der Waals surface area contributed by atoms with Crippen molar-refractivity contribution in [1.82, 2.24) is 5.32 Å². The third-order valence-corrected chi connectivity index (χ3v) is 6.00. The number of hydrogen-bond acceptors (Lipinski definition) is 4. The summed E-state index contributed by atoms with van der Waals surface area (Å²) in [6, 6.07) is 20.8. The van der Waals surface area contributed by atoms with Crippen molar-refractivity contribution in [3.05, 3.63) is 106 Å². The number of carbonyl (C=O) groups excluding carboxylic acids is 1. The van der Waals surface area contributed by atoms with Crippen LogP contribution in [0.25, 0.3) is 5.70 Å². The molecule has 0 aliphatic carbocycles. The van der Waals surface area contributed by atoms with E-state index < -0.39 is 0 Å². The molecule has 5 nitrogen and oxygen atoms in total. The van der Waals surface area contributed by atoms with Gasteiger partial charge in [-0.05, 0) is 47.9 Å². The quantitative estimate of drug-likeness (QED) is 0.506. The van der Waals surface area contributed by atoms with Gasteiger partial charge in [0.2, 0.25) is 0 Å². The summed E-state index contributed by atoms with van der Waals surface area (Å²) in [5.74, 6) is -0.162. The van der Waals surface area contributed by atoms with Crippen molar-refractivity contribution in [1.29, 1.82) is 0 Å². The fourth-order valence-electron chi connectivity index (χ4n) is 3.93. The zero-order chi connectivity index (χ0) is 22.7. The second kappa shape index (κ2) is 9.47. The first-order valence-electron chi connectivity index (χ1n) is 10.6. The maximum Gasteiger partial charge on any atom is 0.337 e. The van der Waals surface area contributed by atoms with Crippen LogP contribution in [0.3, 0.4) is 0 Å². The van der Waals surface area contributed by atoms with E-state index in [1.54, 1.807) is 30.3 Å². The zero-order valence-electron chi connectivity index (χ0n) is 18.0. The second-order valence-corrected chi connectivity index (χ2v) is 8.22. The zero-order valence-corrected chi connectivity index (χ0v) is 18.8. The van der Waals surface area contributed by atoms with Crippen LogP contribution in [0.2, 0.25) is 5.02 Å². The largest absolute Gasteiger partial charge is 0.507 e. The molecule has 0 aromatic heterocycles. The molecule has 0 saturated carbocycles. The summed E-state index contributed by atoms with van der Waals surface area (Å²) in [5, 5.41) is 16.8. The molecular weight excluding hydrogens is 424 g/mol. The number of quaternary nitrogens is 1. The van der Waals surface area contributed by atoms with Gasteiger partial charge in [0.25, 0.3) is 0 Å². The van der Waals surface area contributed by atoms with Gasteiger partial charge >= 0.3 is 5.97 Å². The lowest BCUT2D eigenvalue weighted by Gasteiger charge is -2.30. The average molecular weight is 450 g/mol. The van der Waals surface area contributed by atoms with E-state index in [0.29, 0.717) is 10.6 Å². The van der Waals surface area contributed by atoms with E-state index >= 15 is 0 Å². The molecule has 1 aliphatic rings. The molecule has 0 bridgehead atoms. The molecule has 0 radical (unpaired) electrons. The van der Waals surface area contributed by atoms with Crippen LogP contribution in [0, 0.1) is 0 Å². The number of ether oxygens (including phenoxy) is 1. The highest BCUT2D eigenvalue weighted by Crippen LogP contribution is 2.31. The number of nitrogens with two attached hydrogens (primary N) is 1. The number of rotatable bonds is 5. The molecule has 164 valence electrons. The van der Waals surface area contributed by atoms with E-state index in [4.69, 9.17) is 16.3 Å². The molecule has 0 spiro atoms. The smallest absolute Gasteiger partial charge is 0.337 e. The SMILES string of the molecule is CCc1ccc(C2=CC(c3cc(Cl)ccc3O)[NH2+]C(c3ccc(C(=O)OC)cc3)N2)cc1. The monoisotopic (exact) mass is 449 g/mol. The van der Waals surface area contributed by atoms with Gasteiger partial charge in [-0.15, -0.1) is 0 Å². The predicted molar refractivity (Wildman–Crippen MR) is 125 cm³/mol. The molecule has 0 amide bonds. The van der Waals surface area contributed by atoms with Gasteiger partial charge in [-0.25, -0.2) is 4.79 Å². The second-order valence-electron chi connectivity index (χ2n) is 7.79. The number of aryl methyl sites for hydroxylation is 1. The molecule has 4 N–H and O–H groups in total. The number of aromatic hydroxyl groups is 1. The minimum Gasteiger partial charge on any atom is -0.507 e. The van der Waals surface area contributed by atoms with E-state index in [1.807, 2.05) is 12.1 Å². The van der Waals surface area contributed by atoms with Crippen LogP contribution in [0.4, 0.5) is 0 Å². The molecule has 2 unspecified atom stereocenters. The summed E-state index contributed by atoms with van der Waals surface area (Å²) in [4.78, 5) is 11.8. The molecule has 1 heterocycles. The van der Waals surface area contributed by atoms with Crippen molar-refractivity contribution in [2.45, 2.75) is 25.6 Å². The molecule has 1 aliphatic heterocycles. The van der Waals surface area contributed by atoms with Crippen LogP contribution in [0.15, 0.2) is 72.8 Å². The van der Waals surface area contributed by atoms with Crippen LogP contribution >= 0.6 is 11.6 Å². The fraction of sp³-hybridized carbons (Fsp3) is 0.192. The molecule has 32 heavy (non-hydrogen) atoms. The van der Waals surface area contributed by atoms with Gasteiger partial charge < -0.3 is 20.5 Å². The van der Waals surface area contributed by atoms with Gasteiger partial charge in [0.05, 0.1) is 18.2 Å². The number of esters is 1. The summed E-state index contributed by atoms with van der Waals surface area (Å²) < 4.78 is 4.80. The highest BCUT2D eigenvalue weighted by Gasteiger charge is 2.29. The summed E-state index contributed by atoms with van der Waals surface area (Å²) in [6.45, 7) is 2.13. The Kier molecular flexibility index (Phi) is 6.49. The van der Waals surface area contributed by atoms with Crippen molar-refractivity contribution >= 4 is 23.3 Å². The number of carbonyl (C=O) groups is 1. The molecule has 2 atom stereocenters. The normalized spacial score (nSPS) is 17.9. The lowest BCUT2D eigenvalue weighted by molar-refractivity contribution is -0.731. The van der Waals surface area contributed by atoms with Crippen LogP contribution in [-0.4, -0.2) is 18.2 Å². The Morgan fingerprint density at radius 3 is 2.47 bits per heavy atom. The summed E-state index contributed by atoms with van der Waals surface area (Å²) in [7, 11) is 1.37. The van der Waals surface area contributed by atoms with Crippen LogP contribution in [0.5, 0.6) is 5.75 Å². The summed E-state index contributed by atoms with van der Waals surface area (Å²) in [6.07, 6.45) is 2.95. The first-order chi connectivity index (χ1) is 15.5. The molecule has 0 fully saturated rings. The van der Waals surface area contributed by atoms with Gasteiger partial charge in [-0.2, -0.15) is 0 Å². The molecule has 3 aromatic carbocycles. The number of nitrogens with one attached hydrogen (secondary N) is 1. The third-order valence-electron chi connectivity index (χ3n) is 5.77. The van der Waals surface area contributed by atoms with Crippen molar-refractivity contribution < 1.29 is 20.0 Å². The lowest BCUT2D eigenvalue weighted by Crippen LogP contribution is -2.89. The Morgan fingerprint density at radius 1 is 1.09 bits per heavy atom. The molecule has 3 aromatic rings. The molecular formula is C26H26ClN2O3+. The first-order valence-corrected chi connectivity index (χ1v) is 11.0. The molecule has 0 saturated heterocycles. The summed E-state index contributed by atoms with van der Waals surface area (Å²) >= 11 is 6.23. The van der Waals surface area contributed by atoms with Crippen molar-refractivity contribution in [2.24, 2.45) is 0 Å².